The van der Waals surface area contributed by atoms with Crippen LogP contribution in [0, 0.1) is 0 Å². The molecule has 1 aromatic heterocycles. The Morgan fingerprint density at radius 3 is 2.48 bits per heavy atom. The summed E-state index contributed by atoms with van der Waals surface area (Å²) >= 11 is 7.29. The van der Waals surface area contributed by atoms with Crippen molar-refractivity contribution in [2.24, 2.45) is 5.73 Å². The number of hydrogen-bond acceptors (Lipinski definition) is 4. The second kappa shape index (κ2) is 7.72. The molecule has 2 aromatic carbocycles. The Labute approximate surface area is 155 Å². The summed E-state index contributed by atoms with van der Waals surface area (Å²) in [4.78, 5) is 11.4. The van der Waals surface area contributed by atoms with Crippen molar-refractivity contribution in [3.8, 4) is 5.69 Å². The number of benzene rings is 2. The molecule has 0 bridgehead atoms. The third-order valence-corrected chi connectivity index (χ3v) is 4.99. The summed E-state index contributed by atoms with van der Waals surface area (Å²) in [5.74, 6) is 0.396. The smallest absolute Gasteiger partial charge is 0.230 e. The van der Waals surface area contributed by atoms with Gasteiger partial charge in [0.25, 0.3) is 0 Å². The molecular weight excluding hydrogens is 356 g/mol. The molecule has 0 aliphatic rings. The summed E-state index contributed by atoms with van der Waals surface area (Å²) in [6.07, 6.45) is 0.627. The minimum Gasteiger partial charge on any atom is -0.369 e. The van der Waals surface area contributed by atoms with Gasteiger partial charge in [0, 0.05) is 17.1 Å². The SMILES string of the molecule is CC(Sc1nnc(Cc2ccccc2)n1-c1ccc(Cl)cc1)C(N)=O. The zero-order valence-corrected chi connectivity index (χ0v) is 15.2. The molecule has 0 radical (unpaired) electrons. The van der Waals surface area contributed by atoms with Crippen LogP contribution < -0.4 is 5.73 Å². The van der Waals surface area contributed by atoms with Gasteiger partial charge in [-0.05, 0) is 36.8 Å². The molecule has 2 N–H and O–H groups in total. The summed E-state index contributed by atoms with van der Waals surface area (Å²) in [5, 5.41) is 9.47. The summed E-state index contributed by atoms with van der Waals surface area (Å²) in [5.41, 5.74) is 7.41. The van der Waals surface area contributed by atoms with Gasteiger partial charge in [-0.15, -0.1) is 10.2 Å². The minimum absolute atomic E-state index is 0.389. The molecule has 3 aromatic rings. The molecule has 1 amide bonds. The Kier molecular flexibility index (Phi) is 5.40. The van der Waals surface area contributed by atoms with Crippen LogP contribution in [-0.4, -0.2) is 25.9 Å². The first kappa shape index (κ1) is 17.5. The van der Waals surface area contributed by atoms with Gasteiger partial charge in [0.2, 0.25) is 5.91 Å². The first-order valence-electron chi connectivity index (χ1n) is 7.74. The standard InChI is InChI=1S/C18H17ClN4OS/c1-12(17(20)24)25-18-22-21-16(11-13-5-3-2-4-6-13)23(18)15-9-7-14(19)8-10-15/h2-10,12H,11H2,1H3,(H2,20,24). The molecule has 1 heterocycles. The fourth-order valence-corrected chi connectivity index (χ4v) is 3.30. The van der Waals surface area contributed by atoms with Crippen LogP contribution in [0.1, 0.15) is 18.3 Å². The molecule has 1 unspecified atom stereocenters. The zero-order valence-electron chi connectivity index (χ0n) is 13.6. The fraction of sp³-hybridized carbons (Fsp3) is 0.167. The maximum Gasteiger partial charge on any atom is 0.230 e. The van der Waals surface area contributed by atoms with Crippen LogP contribution in [-0.2, 0) is 11.2 Å². The molecule has 3 rings (SSSR count). The Bertz CT molecular complexity index is 865. The number of nitrogens with two attached hydrogens (primary N) is 1. The predicted molar refractivity (Wildman–Crippen MR) is 100 cm³/mol. The van der Waals surface area contributed by atoms with Crippen molar-refractivity contribution < 1.29 is 4.79 Å². The van der Waals surface area contributed by atoms with Crippen LogP contribution in [0.25, 0.3) is 5.69 Å². The van der Waals surface area contributed by atoms with E-state index in [1.165, 1.54) is 11.8 Å². The van der Waals surface area contributed by atoms with Gasteiger partial charge in [-0.3, -0.25) is 9.36 Å². The second-order valence-corrected chi connectivity index (χ2v) is 7.28. The molecule has 0 spiro atoms. The second-order valence-electron chi connectivity index (χ2n) is 5.54. The van der Waals surface area contributed by atoms with Crippen molar-refractivity contribution in [1.82, 2.24) is 14.8 Å². The van der Waals surface area contributed by atoms with E-state index in [0.717, 1.165) is 17.1 Å². The van der Waals surface area contributed by atoms with Crippen LogP contribution in [0.5, 0.6) is 0 Å². The van der Waals surface area contributed by atoms with Gasteiger partial charge in [0.05, 0.1) is 5.25 Å². The van der Waals surface area contributed by atoms with Gasteiger partial charge < -0.3 is 5.73 Å². The number of amides is 1. The van der Waals surface area contributed by atoms with E-state index in [9.17, 15) is 4.79 Å². The van der Waals surface area contributed by atoms with Crippen LogP contribution in [0.2, 0.25) is 5.02 Å². The number of carbonyl (C=O) groups excluding carboxylic acids is 1. The van der Waals surface area contributed by atoms with Gasteiger partial charge in [-0.1, -0.05) is 53.7 Å². The summed E-state index contributed by atoms with van der Waals surface area (Å²) in [7, 11) is 0. The molecule has 0 fully saturated rings. The Morgan fingerprint density at radius 1 is 1.16 bits per heavy atom. The van der Waals surface area contributed by atoms with Crippen molar-refractivity contribution in [3.05, 3.63) is 71.0 Å². The monoisotopic (exact) mass is 372 g/mol. The largest absolute Gasteiger partial charge is 0.369 e. The van der Waals surface area contributed by atoms with Gasteiger partial charge in [0.1, 0.15) is 5.82 Å². The molecule has 0 aliphatic heterocycles. The average Bonchev–Trinajstić information content (AvgIpc) is 2.98. The van der Waals surface area contributed by atoms with Crippen LogP contribution >= 0.6 is 23.4 Å². The zero-order chi connectivity index (χ0) is 17.8. The first-order valence-corrected chi connectivity index (χ1v) is 9.00. The third-order valence-electron chi connectivity index (χ3n) is 3.67. The molecule has 5 nitrogen and oxygen atoms in total. The highest BCUT2D eigenvalue weighted by molar-refractivity contribution is 8.00. The number of rotatable bonds is 6. The first-order chi connectivity index (χ1) is 12.0. The van der Waals surface area contributed by atoms with Crippen LogP contribution in [0.15, 0.2) is 59.8 Å². The van der Waals surface area contributed by atoms with E-state index >= 15 is 0 Å². The summed E-state index contributed by atoms with van der Waals surface area (Å²) in [6, 6.07) is 17.5. The van der Waals surface area contributed by atoms with Gasteiger partial charge in [-0.2, -0.15) is 0 Å². The van der Waals surface area contributed by atoms with Crippen LogP contribution in [0.4, 0.5) is 0 Å². The van der Waals surface area contributed by atoms with Crippen molar-refractivity contribution in [1.29, 1.82) is 0 Å². The lowest BCUT2D eigenvalue weighted by Crippen LogP contribution is -2.23. The van der Waals surface area contributed by atoms with Gasteiger partial charge in [-0.25, -0.2) is 0 Å². The lowest BCUT2D eigenvalue weighted by atomic mass is 10.1. The van der Waals surface area contributed by atoms with E-state index in [1.807, 2.05) is 59.2 Å². The van der Waals surface area contributed by atoms with Gasteiger partial charge in [0.15, 0.2) is 5.16 Å². The predicted octanol–water partition coefficient (Wildman–Crippen LogP) is 3.48. The maximum atomic E-state index is 11.4. The van der Waals surface area contributed by atoms with E-state index in [4.69, 9.17) is 17.3 Å². The highest BCUT2D eigenvalue weighted by Gasteiger charge is 2.19. The molecule has 7 heteroatoms. The Morgan fingerprint density at radius 2 is 1.84 bits per heavy atom. The minimum atomic E-state index is -0.403. The van der Waals surface area contributed by atoms with Crippen molar-refractivity contribution in [3.63, 3.8) is 0 Å². The van der Waals surface area contributed by atoms with Gasteiger partial charge >= 0.3 is 0 Å². The molecule has 128 valence electrons. The van der Waals surface area contributed by atoms with E-state index in [0.29, 0.717) is 16.6 Å². The van der Waals surface area contributed by atoms with Crippen LogP contribution in [0.3, 0.4) is 0 Å². The molecule has 0 aliphatic carbocycles. The lowest BCUT2D eigenvalue weighted by Gasteiger charge is -2.12. The molecule has 1 atom stereocenters. The Hall–Kier alpha value is -2.31. The maximum absolute atomic E-state index is 11.4. The topological polar surface area (TPSA) is 73.8 Å². The number of primary amides is 1. The normalized spacial score (nSPS) is 12.1. The number of hydrogen-bond donors (Lipinski definition) is 1. The lowest BCUT2D eigenvalue weighted by molar-refractivity contribution is -0.117. The number of nitrogens with zero attached hydrogens (tertiary/aromatic N) is 3. The van der Waals surface area contributed by atoms with E-state index in [-0.39, 0.29) is 5.91 Å². The van der Waals surface area contributed by atoms with E-state index < -0.39 is 5.25 Å². The number of carbonyl (C=O) groups is 1. The van der Waals surface area contributed by atoms with Crippen molar-refractivity contribution >= 4 is 29.3 Å². The van der Waals surface area contributed by atoms with E-state index in [1.54, 1.807) is 6.92 Å². The number of aromatic nitrogens is 3. The fourth-order valence-electron chi connectivity index (χ4n) is 2.34. The highest BCUT2D eigenvalue weighted by atomic mass is 35.5. The van der Waals surface area contributed by atoms with E-state index in [2.05, 4.69) is 10.2 Å². The van der Waals surface area contributed by atoms with Crippen molar-refractivity contribution in [2.45, 2.75) is 23.8 Å². The third kappa shape index (κ3) is 4.21. The van der Waals surface area contributed by atoms with Crippen molar-refractivity contribution in [2.75, 3.05) is 0 Å². The number of halogens is 1. The quantitative estimate of drug-likeness (QED) is 0.672. The molecular formula is C18H17ClN4OS. The molecule has 0 saturated carbocycles. The number of thioether (sulfide) groups is 1. The summed E-state index contributed by atoms with van der Waals surface area (Å²) in [6.45, 7) is 1.75. The average molecular weight is 373 g/mol. The summed E-state index contributed by atoms with van der Waals surface area (Å²) < 4.78 is 1.94. The Balaban J connectivity index is 2.01. The molecule has 0 saturated heterocycles. The highest BCUT2D eigenvalue weighted by Crippen LogP contribution is 2.27. The molecule has 25 heavy (non-hydrogen) atoms.